The summed E-state index contributed by atoms with van der Waals surface area (Å²) in [5.74, 6) is -0.207. The van der Waals surface area contributed by atoms with Crippen LogP contribution in [0.5, 0.6) is 0 Å². The van der Waals surface area contributed by atoms with E-state index in [0.717, 1.165) is 18.2 Å². The van der Waals surface area contributed by atoms with Gasteiger partial charge < -0.3 is 0 Å². The van der Waals surface area contributed by atoms with Crippen molar-refractivity contribution >= 4 is 10.8 Å². The van der Waals surface area contributed by atoms with Crippen LogP contribution in [-0.4, -0.2) is 20.7 Å². The van der Waals surface area contributed by atoms with Crippen LogP contribution in [0.3, 0.4) is 0 Å². The fourth-order valence-electron chi connectivity index (χ4n) is 2.98. The molecule has 4 nitrogen and oxygen atoms in total. The summed E-state index contributed by atoms with van der Waals surface area (Å²) in [6, 6.07) is 14.6. The van der Waals surface area contributed by atoms with Crippen molar-refractivity contribution in [1.82, 2.24) is 14.7 Å². The Morgan fingerprint density at radius 3 is 2.67 bits per heavy atom. The fourth-order valence-corrected chi connectivity index (χ4v) is 2.98. The van der Waals surface area contributed by atoms with Crippen LogP contribution in [-0.2, 0) is 13.2 Å². The zero-order valence-corrected chi connectivity index (χ0v) is 13.2. The van der Waals surface area contributed by atoms with Crippen molar-refractivity contribution < 1.29 is 4.39 Å². The van der Waals surface area contributed by atoms with Gasteiger partial charge in [0.05, 0.1) is 18.3 Å². The molecule has 1 saturated carbocycles. The molecule has 0 radical (unpaired) electrons. The average molecular weight is 323 g/mol. The largest absolute Gasteiger partial charge is 0.277 e. The number of rotatable bonds is 5. The second-order valence-electron chi connectivity index (χ2n) is 6.25. The smallest absolute Gasteiger partial charge is 0.275 e. The monoisotopic (exact) mass is 323 g/mol. The third-order valence-corrected chi connectivity index (χ3v) is 4.47. The molecule has 1 aliphatic rings. The maximum atomic E-state index is 13.9. The molecule has 122 valence electrons. The van der Waals surface area contributed by atoms with Gasteiger partial charge in [0, 0.05) is 23.5 Å². The Morgan fingerprint density at radius 2 is 1.88 bits per heavy atom. The van der Waals surface area contributed by atoms with Crippen LogP contribution >= 0.6 is 0 Å². The third kappa shape index (κ3) is 2.95. The molecule has 2 aromatic carbocycles. The maximum Gasteiger partial charge on any atom is 0.275 e. The first-order chi connectivity index (χ1) is 11.7. The highest BCUT2D eigenvalue weighted by Crippen LogP contribution is 2.29. The van der Waals surface area contributed by atoms with E-state index in [1.165, 1.54) is 10.7 Å². The van der Waals surface area contributed by atoms with Gasteiger partial charge in [0.1, 0.15) is 5.82 Å². The van der Waals surface area contributed by atoms with Crippen LogP contribution in [0.1, 0.15) is 18.4 Å². The van der Waals surface area contributed by atoms with Crippen molar-refractivity contribution in [3.8, 4) is 0 Å². The normalized spacial score (nSPS) is 14.4. The lowest BCUT2D eigenvalue weighted by Gasteiger charge is -2.22. The molecule has 0 saturated heterocycles. The van der Waals surface area contributed by atoms with Crippen LogP contribution in [0.4, 0.5) is 4.39 Å². The van der Waals surface area contributed by atoms with Crippen molar-refractivity contribution in [3.63, 3.8) is 0 Å². The molecule has 0 atom stereocenters. The number of benzene rings is 2. The summed E-state index contributed by atoms with van der Waals surface area (Å²) in [5.41, 5.74) is 0.547. The predicted octanol–water partition coefficient (Wildman–Crippen LogP) is 3.16. The second kappa shape index (κ2) is 6.17. The summed E-state index contributed by atoms with van der Waals surface area (Å²) in [7, 11) is 0. The van der Waals surface area contributed by atoms with Gasteiger partial charge in [-0.1, -0.05) is 36.4 Å². The second-order valence-corrected chi connectivity index (χ2v) is 6.25. The van der Waals surface area contributed by atoms with Gasteiger partial charge in [-0.15, -0.1) is 0 Å². The van der Waals surface area contributed by atoms with Gasteiger partial charge in [-0.2, -0.15) is 5.10 Å². The molecule has 1 fully saturated rings. The Morgan fingerprint density at radius 1 is 1.12 bits per heavy atom. The zero-order valence-electron chi connectivity index (χ0n) is 13.2. The van der Waals surface area contributed by atoms with E-state index >= 15 is 0 Å². The first-order valence-electron chi connectivity index (χ1n) is 8.15. The SMILES string of the molecule is O=c1c2ccccc2cnn1CN(Cc1ccccc1F)C1CC1. The molecule has 1 aliphatic carbocycles. The number of nitrogens with zero attached hydrogens (tertiary/aromatic N) is 3. The van der Waals surface area contributed by atoms with Crippen LogP contribution in [0.25, 0.3) is 10.8 Å². The molecular formula is C19H18FN3O. The fraction of sp³-hybridized carbons (Fsp3) is 0.263. The maximum absolute atomic E-state index is 13.9. The van der Waals surface area contributed by atoms with E-state index in [-0.39, 0.29) is 11.4 Å². The minimum absolute atomic E-state index is 0.104. The molecule has 1 aromatic heterocycles. The topological polar surface area (TPSA) is 38.1 Å². The lowest BCUT2D eigenvalue weighted by atomic mass is 10.2. The van der Waals surface area contributed by atoms with E-state index in [2.05, 4.69) is 10.00 Å². The molecular weight excluding hydrogens is 305 g/mol. The first-order valence-corrected chi connectivity index (χ1v) is 8.15. The standard InChI is InChI=1S/C19H18FN3O/c20-18-8-4-2-6-15(18)12-22(16-9-10-16)13-23-19(24)17-7-3-1-5-14(17)11-21-23/h1-8,11,16H,9-10,12-13H2. The summed E-state index contributed by atoms with van der Waals surface area (Å²) in [5, 5.41) is 5.79. The average Bonchev–Trinajstić information content (AvgIpc) is 3.44. The summed E-state index contributed by atoms with van der Waals surface area (Å²) < 4.78 is 15.4. The third-order valence-electron chi connectivity index (χ3n) is 4.47. The Hall–Kier alpha value is -2.53. The number of aromatic nitrogens is 2. The van der Waals surface area contributed by atoms with E-state index in [9.17, 15) is 9.18 Å². The molecule has 5 heteroatoms. The number of fused-ring (bicyclic) bond motifs is 1. The van der Waals surface area contributed by atoms with Gasteiger partial charge in [0.15, 0.2) is 0 Å². The summed E-state index contributed by atoms with van der Waals surface area (Å²) in [6.45, 7) is 0.862. The van der Waals surface area contributed by atoms with Crippen molar-refractivity contribution in [2.75, 3.05) is 0 Å². The summed E-state index contributed by atoms with van der Waals surface area (Å²) in [4.78, 5) is 14.8. The van der Waals surface area contributed by atoms with Crippen molar-refractivity contribution in [2.24, 2.45) is 0 Å². The first kappa shape index (κ1) is 15.0. The summed E-state index contributed by atoms with van der Waals surface area (Å²) >= 11 is 0. The van der Waals surface area contributed by atoms with E-state index < -0.39 is 0 Å². The molecule has 0 N–H and O–H groups in total. The van der Waals surface area contributed by atoms with Crippen LogP contribution in [0, 0.1) is 5.82 Å². The zero-order chi connectivity index (χ0) is 16.5. The van der Waals surface area contributed by atoms with Gasteiger partial charge in [-0.25, -0.2) is 9.07 Å². The van der Waals surface area contributed by atoms with Gasteiger partial charge >= 0.3 is 0 Å². The van der Waals surface area contributed by atoms with Crippen molar-refractivity contribution in [3.05, 3.63) is 76.5 Å². The lowest BCUT2D eigenvalue weighted by Crippen LogP contribution is -2.35. The minimum atomic E-state index is -0.207. The van der Waals surface area contributed by atoms with E-state index in [4.69, 9.17) is 0 Å². The Balaban J connectivity index is 1.63. The quantitative estimate of drug-likeness (QED) is 0.724. The molecule has 0 unspecified atom stereocenters. The Bertz CT molecular complexity index is 933. The molecule has 24 heavy (non-hydrogen) atoms. The summed E-state index contributed by atoms with van der Waals surface area (Å²) in [6.07, 6.45) is 3.87. The van der Waals surface area contributed by atoms with E-state index in [1.54, 1.807) is 18.3 Å². The van der Waals surface area contributed by atoms with Gasteiger partial charge in [0.25, 0.3) is 5.56 Å². The number of hydrogen-bond donors (Lipinski definition) is 0. The molecule has 0 spiro atoms. The number of halogens is 1. The van der Waals surface area contributed by atoms with Crippen LogP contribution in [0.15, 0.2) is 59.5 Å². The van der Waals surface area contributed by atoms with Crippen molar-refractivity contribution in [1.29, 1.82) is 0 Å². The Kier molecular flexibility index (Phi) is 3.86. The number of hydrogen-bond acceptors (Lipinski definition) is 3. The molecule has 0 aliphatic heterocycles. The molecule has 3 aromatic rings. The molecule has 0 amide bonds. The molecule has 0 bridgehead atoms. The highest BCUT2D eigenvalue weighted by molar-refractivity contribution is 5.80. The molecule has 4 rings (SSSR count). The lowest BCUT2D eigenvalue weighted by molar-refractivity contribution is 0.182. The highest BCUT2D eigenvalue weighted by Gasteiger charge is 2.30. The highest BCUT2D eigenvalue weighted by atomic mass is 19.1. The Labute approximate surface area is 139 Å². The van der Waals surface area contributed by atoms with Gasteiger partial charge in [-0.3, -0.25) is 9.69 Å². The van der Waals surface area contributed by atoms with Crippen LogP contribution in [0.2, 0.25) is 0 Å². The van der Waals surface area contributed by atoms with Gasteiger partial charge in [0.2, 0.25) is 0 Å². The van der Waals surface area contributed by atoms with Gasteiger partial charge in [-0.05, 0) is 25.0 Å². The predicted molar refractivity (Wildman–Crippen MR) is 91.0 cm³/mol. The van der Waals surface area contributed by atoms with Crippen LogP contribution < -0.4 is 5.56 Å². The van der Waals surface area contributed by atoms with Crippen molar-refractivity contribution in [2.45, 2.75) is 32.1 Å². The van der Waals surface area contributed by atoms with E-state index in [1.807, 2.05) is 30.3 Å². The minimum Gasteiger partial charge on any atom is -0.277 e. The van der Waals surface area contributed by atoms with E-state index in [0.29, 0.717) is 30.2 Å². The molecule has 1 heterocycles.